The molecule has 0 heterocycles. The van der Waals surface area contributed by atoms with Crippen molar-refractivity contribution in [1.82, 2.24) is 5.43 Å². The summed E-state index contributed by atoms with van der Waals surface area (Å²) >= 11 is 0. The van der Waals surface area contributed by atoms with Gasteiger partial charge in [0, 0.05) is 23.8 Å². The minimum atomic E-state index is -1.02. The molecule has 150 valence electrons. The third-order valence-corrected chi connectivity index (χ3v) is 3.48. The highest BCUT2D eigenvalue weighted by molar-refractivity contribution is 5.96. The fraction of sp³-hybridized carbons (Fsp3) is 0.0667. The standard InChI is InChI=1S/C15H11N5O9/c1-29-13-6-12(20(27)28)4-9(14(13)21)7-16-17-15(22)8-2-10(18(23)24)5-11(3-8)19(25)26/h2-7,21H,1H3,(H,17,22)/b16-7+. The minimum Gasteiger partial charge on any atom is -0.504 e. The molecule has 0 saturated heterocycles. The lowest BCUT2D eigenvalue weighted by Crippen LogP contribution is -2.18. The Morgan fingerprint density at radius 1 is 1.00 bits per heavy atom. The van der Waals surface area contributed by atoms with Crippen LogP contribution in [-0.2, 0) is 0 Å². The van der Waals surface area contributed by atoms with E-state index < -0.39 is 49.1 Å². The molecular formula is C15H11N5O9. The molecule has 2 N–H and O–H groups in total. The van der Waals surface area contributed by atoms with Crippen LogP contribution in [0.5, 0.6) is 11.5 Å². The van der Waals surface area contributed by atoms with Crippen LogP contribution in [0.3, 0.4) is 0 Å². The number of hydrazone groups is 1. The molecule has 2 aromatic rings. The van der Waals surface area contributed by atoms with Crippen molar-refractivity contribution in [3.8, 4) is 11.5 Å². The van der Waals surface area contributed by atoms with E-state index in [0.717, 1.165) is 30.5 Å². The van der Waals surface area contributed by atoms with Crippen LogP contribution in [0.4, 0.5) is 17.1 Å². The third-order valence-electron chi connectivity index (χ3n) is 3.48. The summed E-state index contributed by atoms with van der Waals surface area (Å²) in [6.07, 6.45) is 0.870. The van der Waals surface area contributed by atoms with Crippen molar-refractivity contribution in [2.24, 2.45) is 5.10 Å². The summed E-state index contributed by atoms with van der Waals surface area (Å²) in [6.45, 7) is 0. The van der Waals surface area contributed by atoms with Crippen LogP contribution in [0.2, 0.25) is 0 Å². The van der Waals surface area contributed by atoms with Crippen LogP contribution in [0, 0.1) is 30.3 Å². The molecule has 0 aliphatic heterocycles. The predicted octanol–water partition coefficient (Wildman–Crippen LogP) is 1.89. The zero-order chi connectivity index (χ0) is 21.7. The zero-order valence-electron chi connectivity index (χ0n) is 14.5. The first-order valence-corrected chi connectivity index (χ1v) is 7.46. The zero-order valence-corrected chi connectivity index (χ0v) is 14.5. The first kappa shape index (κ1) is 20.7. The van der Waals surface area contributed by atoms with Gasteiger partial charge in [-0.2, -0.15) is 5.10 Å². The van der Waals surface area contributed by atoms with E-state index in [1.54, 1.807) is 0 Å². The van der Waals surface area contributed by atoms with Gasteiger partial charge in [0.25, 0.3) is 23.0 Å². The molecule has 0 aromatic heterocycles. The maximum atomic E-state index is 12.1. The van der Waals surface area contributed by atoms with Gasteiger partial charge >= 0.3 is 0 Å². The van der Waals surface area contributed by atoms with Crippen molar-refractivity contribution >= 4 is 29.2 Å². The lowest BCUT2D eigenvalue weighted by Gasteiger charge is -2.06. The molecule has 14 heteroatoms. The summed E-state index contributed by atoms with van der Waals surface area (Å²) in [5.74, 6) is -1.71. The van der Waals surface area contributed by atoms with E-state index in [1.165, 1.54) is 7.11 Å². The Hall–Kier alpha value is -4.62. The van der Waals surface area contributed by atoms with Crippen molar-refractivity contribution in [3.05, 3.63) is 71.8 Å². The Morgan fingerprint density at radius 3 is 2.00 bits per heavy atom. The highest BCUT2D eigenvalue weighted by atomic mass is 16.6. The number of nitro benzene ring substituents is 3. The molecule has 0 atom stereocenters. The van der Waals surface area contributed by atoms with Gasteiger partial charge in [-0.3, -0.25) is 35.1 Å². The van der Waals surface area contributed by atoms with E-state index in [4.69, 9.17) is 4.74 Å². The van der Waals surface area contributed by atoms with Crippen LogP contribution < -0.4 is 10.2 Å². The number of nitro groups is 3. The van der Waals surface area contributed by atoms with E-state index in [0.29, 0.717) is 6.07 Å². The van der Waals surface area contributed by atoms with Gasteiger partial charge in [0.2, 0.25) is 0 Å². The summed E-state index contributed by atoms with van der Waals surface area (Å²) in [7, 11) is 1.18. The molecule has 0 aliphatic carbocycles. The number of aromatic hydroxyl groups is 1. The second-order valence-electron chi connectivity index (χ2n) is 5.29. The van der Waals surface area contributed by atoms with Crippen molar-refractivity contribution in [2.45, 2.75) is 0 Å². The van der Waals surface area contributed by atoms with Gasteiger partial charge in [-0.1, -0.05) is 0 Å². The maximum Gasteiger partial charge on any atom is 0.277 e. The van der Waals surface area contributed by atoms with Gasteiger partial charge in [-0.05, 0) is 0 Å². The average molecular weight is 405 g/mol. The molecule has 0 unspecified atom stereocenters. The Labute approximate surface area is 160 Å². The van der Waals surface area contributed by atoms with E-state index in [1.807, 2.05) is 5.43 Å². The quantitative estimate of drug-likeness (QED) is 0.392. The molecule has 0 spiro atoms. The lowest BCUT2D eigenvalue weighted by molar-refractivity contribution is -0.394. The Morgan fingerprint density at radius 2 is 1.52 bits per heavy atom. The normalized spacial score (nSPS) is 10.5. The van der Waals surface area contributed by atoms with Gasteiger partial charge in [0.15, 0.2) is 11.5 Å². The number of carbonyl (C=O) groups excluding carboxylic acids is 1. The number of phenolic OH excluding ortho intramolecular Hbond substituents is 1. The molecule has 1 amide bonds. The topological polar surface area (TPSA) is 200 Å². The molecule has 0 bridgehead atoms. The summed E-state index contributed by atoms with van der Waals surface area (Å²) in [4.78, 5) is 42.2. The number of phenols is 1. The second-order valence-corrected chi connectivity index (χ2v) is 5.29. The molecular weight excluding hydrogens is 394 g/mol. The number of non-ortho nitro benzene ring substituents is 3. The molecule has 0 radical (unpaired) electrons. The summed E-state index contributed by atoms with van der Waals surface area (Å²) in [5.41, 5.74) is -0.381. The van der Waals surface area contributed by atoms with E-state index in [-0.39, 0.29) is 11.3 Å². The third kappa shape index (κ3) is 4.76. The molecule has 29 heavy (non-hydrogen) atoms. The number of ether oxygens (including phenoxy) is 1. The van der Waals surface area contributed by atoms with Gasteiger partial charge < -0.3 is 9.84 Å². The summed E-state index contributed by atoms with van der Waals surface area (Å²) in [5, 5.41) is 46.1. The number of carbonyl (C=O) groups is 1. The molecule has 0 fully saturated rings. The first-order chi connectivity index (χ1) is 13.6. The average Bonchev–Trinajstić information content (AvgIpc) is 2.68. The maximum absolute atomic E-state index is 12.1. The predicted molar refractivity (Wildman–Crippen MR) is 96.1 cm³/mol. The number of amides is 1. The number of nitrogens with zero attached hydrogens (tertiary/aromatic N) is 4. The molecule has 14 nitrogen and oxygen atoms in total. The largest absolute Gasteiger partial charge is 0.504 e. The van der Waals surface area contributed by atoms with E-state index >= 15 is 0 Å². The van der Waals surface area contributed by atoms with E-state index in [2.05, 4.69) is 5.10 Å². The van der Waals surface area contributed by atoms with Crippen LogP contribution in [-0.4, -0.2) is 39.1 Å². The second kappa shape index (κ2) is 8.38. The van der Waals surface area contributed by atoms with Crippen molar-refractivity contribution in [3.63, 3.8) is 0 Å². The fourth-order valence-corrected chi connectivity index (χ4v) is 2.14. The Bertz CT molecular complexity index is 1020. The fourth-order valence-electron chi connectivity index (χ4n) is 2.14. The number of benzene rings is 2. The van der Waals surface area contributed by atoms with Crippen molar-refractivity contribution in [1.29, 1.82) is 0 Å². The first-order valence-electron chi connectivity index (χ1n) is 7.46. The van der Waals surface area contributed by atoms with Crippen LogP contribution in [0.25, 0.3) is 0 Å². The van der Waals surface area contributed by atoms with Crippen LogP contribution in [0.1, 0.15) is 15.9 Å². The SMILES string of the molecule is COc1cc([N+](=O)[O-])cc(/C=N/NC(=O)c2cc([N+](=O)[O-])cc([N+](=O)[O-])c2)c1O. The monoisotopic (exact) mass is 405 g/mol. The van der Waals surface area contributed by atoms with E-state index in [9.17, 15) is 40.2 Å². The van der Waals surface area contributed by atoms with Crippen LogP contribution >= 0.6 is 0 Å². The smallest absolute Gasteiger partial charge is 0.277 e. The number of rotatable bonds is 7. The summed E-state index contributed by atoms with van der Waals surface area (Å²) in [6, 6.07) is 4.25. The number of methoxy groups -OCH3 is 1. The highest BCUT2D eigenvalue weighted by Gasteiger charge is 2.20. The number of nitrogens with one attached hydrogen (secondary N) is 1. The minimum absolute atomic E-state index is 0.165. The summed E-state index contributed by atoms with van der Waals surface area (Å²) < 4.78 is 4.81. The van der Waals surface area contributed by atoms with Gasteiger partial charge in [0.05, 0.1) is 45.8 Å². The molecule has 0 aliphatic rings. The van der Waals surface area contributed by atoms with Crippen LogP contribution in [0.15, 0.2) is 35.4 Å². The number of hydrogen-bond acceptors (Lipinski definition) is 10. The van der Waals surface area contributed by atoms with Crippen molar-refractivity contribution in [2.75, 3.05) is 7.11 Å². The number of hydrogen-bond donors (Lipinski definition) is 2. The lowest BCUT2D eigenvalue weighted by atomic mass is 10.1. The molecule has 2 rings (SSSR count). The molecule has 0 saturated carbocycles. The Balaban J connectivity index is 2.31. The van der Waals surface area contributed by atoms with Gasteiger partial charge in [0.1, 0.15) is 0 Å². The van der Waals surface area contributed by atoms with Gasteiger partial charge in [-0.15, -0.1) is 0 Å². The van der Waals surface area contributed by atoms with Crippen molar-refractivity contribution < 1.29 is 29.4 Å². The molecule has 2 aromatic carbocycles. The van der Waals surface area contributed by atoms with Gasteiger partial charge in [-0.25, -0.2) is 5.43 Å². The Kier molecular flexibility index (Phi) is 5.98. The highest BCUT2D eigenvalue weighted by Crippen LogP contribution is 2.33.